The van der Waals surface area contributed by atoms with Crippen molar-refractivity contribution in [2.24, 2.45) is 5.92 Å². The second kappa shape index (κ2) is 5.99. The van der Waals surface area contributed by atoms with E-state index in [-0.39, 0.29) is 23.1 Å². The Balaban J connectivity index is 1.83. The molecule has 0 amide bonds. The zero-order valence-electron chi connectivity index (χ0n) is 12.7. The fourth-order valence-electron chi connectivity index (χ4n) is 2.64. The van der Waals surface area contributed by atoms with E-state index in [2.05, 4.69) is 4.72 Å². The van der Waals surface area contributed by atoms with Crippen molar-refractivity contribution >= 4 is 10.0 Å². The summed E-state index contributed by atoms with van der Waals surface area (Å²) in [4.78, 5) is 0.0418. The van der Waals surface area contributed by atoms with Crippen molar-refractivity contribution in [1.29, 1.82) is 0 Å². The molecule has 1 aliphatic rings. The van der Waals surface area contributed by atoms with Crippen molar-refractivity contribution in [1.82, 2.24) is 4.72 Å². The van der Waals surface area contributed by atoms with Crippen LogP contribution in [0.5, 0.6) is 5.75 Å². The summed E-state index contributed by atoms with van der Waals surface area (Å²) in [6.45, 7) is -0.147. The fourth-order valence-corrected chi connectivity index (χ4v) is 3.88. The van der Waals surface area contributed by atoms with E-state index in [0.717, 1.165) is 12.8 Å². The third kappa shape index (κ3) is 3.12. The van der Waals surface area contributed by atoms with Gasteiger partial charge in [0.2, 0.25) is 10.0 Å². The Bertz CT molecular complexity index is 768. The lowest BCUT2D eigenvalue weighted by Crippen LogP contribution is -2.42. The summed E-state index contributed by atoms with van der Waals surface area (Å²) < 4.78 is 38.0. The first-order chi connectivity index (χ1) is 11.0. The van der Waals surface area contributed by atoms with Crippen LogP contribution in [-0.2, 0) is 15.6 Å². The Labute approximate surface area is 135 Å². The number of methoxy groups -OCH3 is 1. The second-order valence-corrected chi connectivity index (χ2v) is 7.39. The van der Waals surface area contributed by atoms with Gasteiger partial charge in [0.1, 0.15) is 22.0 Å². The maximum absolute atomic E-state index is 12.5. The van der Waals surface area contributed by atoms with Crippen LogP contribution in [0.1, 0.15) is 18.6 Å². The minimum Gasteiger partial charge on any atom is -0.495 e. The Kier molecular flexibility index (Phi) is 4.18. The largest absolute Gasteiger partial charge is 0.495 e. The molecule has 1 atom stereocenters. The van der Waals surface area contributed by atoms with Crippen molar-refractivity contribution in [2.75, 3.05) is 13.7 Å². The average molecular weight is 337 g/mol. The summed E-state index contributed by atoms with van der Waals surface area (Å²) in [7, 11) is -2.40. The molecule has 124 valence electrons. The van der Waals surface area contributed by atoms with Crippen molar-refractivity contribution in [3.63, 3.8) is 0 Å². The van der Waals surface area contributed by atoms with Gasteiger partial charge in [-0.05, 0) is 43.0 Å². The molecule has 1 saturated carbocycles. The van der Waals surface area contributed by atoms with E-state index >= 15 is 0 Å². The molecule has 0 radical (unpaired) electrons. The third-order valence-corrected chi connectivity index (χ3v) is 5.53. The van der Waals surface area contributed by atoms with Gasteiger partial charge in [0.15, 0.2) is 0 Å². The van der Waals surface area contributed by atoms with Crippen LogP contribution in [0.4, 0.5) is 0 Å². The molecule has 1 aliphatic carbocycles. The topological polar surface area (TPSA) is 88.8 Å². The average Bonchev–Trinajstić information content (AvgIpc) is 3.27. The number of benzene rings is 1. The molecule has 6 nitrogen and oxygen atoms in total. The van der Waals surface area contributed by atoms with Gasteiger partial charge in [0.25, 0.3) is 0 Å². The van der Waals surface area contributed by atoms with Crippen LogP contribution in [0.25, 0.3) is 0 Å². The summed E-state index contributed by atoms with van der Waals surface area (Å²) in [6, 6.07) is 9.70. The summed E-state index contributed by atoms with van der Waals surface area (Å²) in [5.74, 6) is 0.629. The molecule has 23 heavy (non-hydrogen) atoms. The predicted octanol–water partition coefficient (Wildman–Crippen LogP) is 1.86. The normalized spacial score (nSPS) is 17.7. The van der Waals surface area contributed by atoms with Gasteiger partial charge in [0, 0.05) is 6.54 Å². The van der Waals surface area contributed by atoms with Gasteiger partial charge in [-0.25, -0.2) is 13.1 Å². The summed E-state index contributed by atoms with van der Waals surface area (Å²) >= 11 is 0. The molecule has 1 unspecified atom stereocenters. The molecule has 0 aliphatic heterocycles. The van der Waals surface area contributed by atoms with Gasteiger partial charge in [-0.15, -0.1) is 0 Å². The molecule has 3 rings (SSSR count). The highest BCUT2D eigenvalue weighted by Crippen LogP contribution is 2.45. The molecule has 1 fully saturated rings. The zero-order chi connectivity index (χ0) is 16.5. The maximum atomic E-state index is 12.5. The quantitative estimate of drug-likeness (QED) is 0.805. The molecule has 0 spiro atoms. The highest BCUT2D eigenvalue weighted by molar-refractivity contribution is 7.89. The van der Waals surface area contributed by atoms with E-state index in [9.17, 15) is 13.5 Å². The number of para-hydroxylation sites is 1. The molecule has 0 bridgehead atoms. The minimum absolute atomic E-state index is 0.00554. The van der Waals surface area contributed by atoms with Crippen LogP contribution in [0.15, 0.2) is 52.0 Å². The molecular formula is C16H19NO5S. The summed E-state index contributed by atoms with van der Waals surface area (Å²) in [5.41, 5.74) is -1.33. The molecule has 2 N–H and O–H groups in total. The first-order valence-electron chi connectivity index (χ1n) is 7.36. The van der Waals surface area contributed by atoms with Crippen molar-refractivity contribution < 1.29 is 22.7 Å². The number of ether oxygens (including phenoxy) is 1. The lowest BCUT2D eigenvalue weighted by molar-refractivity contribution is -0.00225. The van der Waals surface area contributed by atoms with E-state index in [4.69, 9.17) is 9.15 Å². The first-order valence-corrected chi connectivity index (χ1v) is 8.85. The van der Waals surface area contributed by atoms with Crippen LogP contribution in [-0.4, -0.2) is 27.2 Å². The lowest BCUT2D eigenvalue weighted by Gasteiger charge is -2.26. The Morgan fingerprint density at radius 1 is 1.30 bits per heavy atom. The van der Waals surface area contributed by atoms with Gasteiger partial charge in [-0.3, -0.25) is 0 Å². The highest BCUT2D eigenvalue weighted by Gasteiger charge is 2.47. The van der Waals surface area contributed by atoms with E-state index in [0.29, 0.717) is 5.76 Å². The number of nitrogens with one attached hydrogen (secondary N) is 1. The number of aliphatic hydroxyl groups is 1. The standard InChI is InChI=1S/C16H19NO5S/c1-21-13-5-2-3-6-14(13)23(19,20)17-11-16(18,12-8-9-12)15-7-4-10-22-15/h2-7,10,12,17-18H,8-9,11H2,1H3. The first kappa shape index (κ1) is 16.0. The van der Waals surface area contributed by atoms with Crippen molar-refractivity contribution in [3.8, 4) is 5.75 Å². The van der Waals surface area contributed by atoms with Crippen molar-refractivity contribution in [2.45, 2.75) is 23.3 Å². The van der Waals surface area contributed by atoms with Crippen LogP contribution < -0.4 is 9.46 Å². The highest BCUT2D eigenvalue weighted by atomic mass is 32.2. The van der Waals surface area contributed by atoms with Crippen LogP contribution in [0.3, 0.4) is 0 Å². The molecule has 7 heteroatoms. The fraction of sp³-hybridized carbons (Fsp3) is 0.375. The molecule has 0 saturated heterocycles. The predicted molar refractivity (Wildman–Crippen MR) is 83.5 cm³/mol. The molecule has 1 heterocycles. The number of hydrogen-bond donors (Lipinski definition) is 2. The monoisotopic (exact) mass is 337 g/mol. The number of rotatable bonds is 7. The summed E-state index contributed by atoms with van der Waals surface area (Å²) in [6.07, 6.45) is 3.15. The molecular weight excluding hydrogens is 318 g/mol. The minimum atomic E-state index is -3.81. The second-order valence-electron chi connectivity index (χ2n) is 5.65. The van der Waals surface area contributed by atoms with Crippen molar-refractivity contribution in [3.05, 3.63) is 48.4 Å². The number of furan rings is 1. The van der Waals surface area contributed by atoms with Crippen LogP contribution in [0.2, 0.25) is 0 Å². The van der Waals surface area contributed by atoms with Gasteiger partial charge in [-0.1, -0.05) is 12.1 Å². The Morgan fingerprint density at radius 3 is 2.65 bits per heavy atom. The molecule has 2 aromatic rings. The van der Waals surface area contributed by atoms with Crippen LogP contribution >= 0.6 is 0 Å². The van der Waals surface area contributed by atoms with Gasteiger partial charge in [0.05, 0.1) is 13.4 Å². The smallest absolute Gasteiger partial charge is 0.244 e. The SMILES string of the molecule is COc1ccccc1S(=O)(=O)NCC(O)(c1ccco1)C1CC1. The lowest BCUT2D eigenvalue weighted by atomic mass is 9.95. The van der Waals surface area contributed by atoms with Gasteiger partial charge in [-0.2, -0.15) is 0 Å². The third-order valence-electron chi connectivity index (χ3n) is 4.09. The van der Waals surface area contributed by atoms with E-state index in [1.807, 2.05) is 0 Å². The zero-order valence-corrected chi connectivity index (χ0v) is 13.5. The van der Waals surface area contributed by atoms with Crippen LogP contribution in [0, 0.1) is 5.92 Å². The summed E-state index contributed by atoms with van der Waals surface area (Å²) in [5, 5.41) is 10.9. The maximum Gasteiger partial charge on any atom is 0.244 e. The number of hydrogen-bond acceptors (Lipinski definition) is 5. The molecule has 1 aromatic heterocycles. The van der Waals surface area contributed by atoms with Gasteiger partial charge >= 0.3 is 0 Å². The number of sulfonamides is 1. The van der Waals surface area contributed by atoms with E-state index in [1.54, 1.807) is 30.3 Å². The van der Waals surface area contributed by atoms with E-state index < -0.39 is 15.6 Å². The van der Waals surface area contributed by atoms with E-state index in [1.165, 1.54) is 19.4 Å². The Morgan fingerprint density at radius 2 is 2.04 bits per heavy atom. The molecule has 1 aromatic carbocycles. The Hall–Kier alpha value is -1.83. The van der Waals surface area contributed by atoms with Gasteiger partial charge < -0.3 is 14.3 Å².